The topological polar surface area (TPSA) is 84.1 Å². The average molecular weight is 329 g/mol. The summed E-state index contributed by atoms with van der Waals surface area (Å²) in [7, 11) is 0. The number of aryl methyl sites for hydroxylation is 3. The highest BCUT2D eigenvalue weighted by Crippen LogP contribution is 2.24. The third-order valence-electron chi connectivity index (χ3n) is 3.57. The predicted molar refractivity (Wildman–Crippen MR) is 92.2 cm³/mol. The van der Waals surface area contributed by atoms with Crippen molar-refractivity contribution in [3.63, 3.8) is 0 Å². The van der Waals surface area contributed by atoms with Crippen LogP contribution in [0, 0.1) is 20.8 Å². The first kappa shape index (κ1) is 17.9. The number of esters is 1. The van der Waals surface area contributed by atoms with E-state index in [1.54, 1.807) is 6.92 Å². The Hall–Kier alpha value is -2.47. The smallest absolute Gasteiger partial charge is 0.308 e. The summed E-state index contributed by atoms with van der Waals surface area (Å²) in [5, 5.41) is 3.34. The number of ether oxygens (including phenoxy) is 1. The minimum Gasteiger partial charge on any atom is -0.426 e. The van der Waals surface area contributed by atoms with Gasteiger partial charge in [0.1, 0.15) is 11.6 Å². The Morgan fingerprint density at radius 2 is 1.88 bits per heavy atom. The van der Waals surface area contributed by atoms with Gasteiger partial charge >= 0.3 is 5.97 Å². The molecule has 0 spiro atoms. The number of nitrogens with one attached hydrogen (secondary N) is 2. The van der Waals surface area contributed by atoms with E-state index in [2.05, 4.69) is 15.3 Å². The molecule has 2 N–H and O–H groups in total. The molecule has 0 aliphatic heterocycles. The van der Waals surface area contributed by atoms with Gasteiger partial charge in [-0.2, -0.15) is 0 Å². The summed E-state index contributed by atoms with van der Waals surface area (Å²) in [6, 6.07) is 5.54. The summed E-state index contributed by atoms with van der Waals surface area (Å²) in [4.78, 5) is 29.5. The quantitative estimate of drug-likeness (QED) is 0.481. The third-order valence-corrected chi connectivity index (χ3v) is 3.57. The fraction of sp³-hybridized carbons (Fsp3) is 0.389. The van der Waals surface area contributed by atoms with Gasteiger partial charge in [0.2, 0.25) is 0 Å². The molecule has 1 heterocycles. The third kappa shape index (κ3) is 5.03. The Bertz CT molecular complexity index is 773. The van der Waals surface area contributed by atoms with Gasteiger partial charge in [-0.3, -0.25) is 9.59 Å². The number of hydrogen-bond donors (Lipinski definition) is 2. The van der Waals surface area contributed by atoms with Crippen molar-refractivity contribution < 1.29 is 9.53 Å². The van der Waals surface area contributed by atoms with Crippen LogP contribution in [0.1, 0.15) is 35.1 Å². The van der Waals surface area contributed by atoms with Crippen LogP contribution in [-0.4, -0.2) is 22.5 Å². The molecule has 0 saturated carbocycles. The molecule has 24 heavy (non-hydrogen) atoms. The van der Waals surface area contributed by atoms with Crippen molar-refractivity contribution in [1.82, 2.24) is 15.3 Å². The molecular formula is C18H23N3O3. The van der Waals surface area contributed by atoms with Crippen LogP contribution in [0.15, 0.2) is 23.0 Å². The molecule has 0 aliphatic carbocycles. The number of aromatic amines is 1. The Labute approximate surface area is 141 Å². The lowest BCUT2D eigenvalue weighted by Crippen LogP contribution is -2.19. The lowest BCUT2D eigenvalue weighted by atomic mass is 10.1. The molecule has 1 aromatic carbocycles. The average Bonchev–Trinajstić information content (AvgIpc) is 2.46. The van der Waals surface area contributed by atoms with Gasteiger partial charge in [-0.25, -0.2) is 4.98 Å². The molecule has 0 fully saturated rings. The van der Waals surface area contributed by atoms with Crippen LogP contribution in [-0.2, 0) is 17.8 Å². The SMILES string of the molecule is CC(=O)Oc1c(C)cc(CNCCc2cc(=O)[nH]c(C)n2)cc1C. The van der Waals surface area contributed by atoms with Crippen LogP contribution in [0.5, 0.6) is 5.75 Å². The van der Waals surface area contributed by atoms with Crippen molar-refractivity contribution in [2.75, 3.05) is 6.54 Å². The van der Waals surface area contributed by atoms with Crippen LogP contribution >= 0.6 is 0 Å². The summed E-state index contributed by atoms with van der Waals surface area (Å²) in [5.41, 5.74) is 3.66. The molecular weight excluding hydrogens is 306 g/mol. The molecule has 0 bridgehead atoms. The number of rotatable bonds is 6. The lowest BCUT2D eigenvalue weighted by Gasteiger charge is -2.12. The Kier molecular flexibility index (Phi) is 5.87. The molecule has 0 amide bonds. The van der Waals surface area contributed by atoms with Crippen molar-refractivity contribution in [2.24, 2.45) is 0 Å². The van der Waals surface area contributed by atoms with E-state index in [9.17, 15) is 9.59 Å². The minimum atomic E-state index is -0.312. The van der Waals surface area contributed by atoms with Crippen molar-refractivity contribution in [2.45, 2.75) is 40.7 Å². The van der Waals surface area contributed by atoms with Crippen LogP contribution in [0.3, 0.4) is 0 Å². The zero-order valence-corrected chi connectivity index (χ0v) is 14.5. The van der Waals surface area contributed by atoms with E-state index < -0.39 is 0 Å². The zero-order valence-electron chi connectivity index (χ0n) is 14.5. The summed E-state index contributed by atoms with van der Waals surface area (Å²) in [5.74, 6) is 0.951. The van der Waals surface area contributed by atoms with Crippen LogP contribution in [0.4, 0.5) is 0 Å². The monoisotopic (exact) mass is 329 g/mol. The van der Waals surface area contributed by atoms with E-state index in [1.165, 1.54) is 13.0 Å². The van der Waals surface area contributed by atoms with E-state index in [4.69, 9.17) is 4.74 Å². The Morgan fingerprint density at radius 1 is 1.21 bits per heavy atom. The van der Waals surface area contributed by atoms with Crippen molar-refractivity contribution in [3.8, 4) is 5.75 Å². The van der Waals surface area contributed by atoms with E-state index in [-0.39, 0.29) is 11.5 Å². The largest absolute Gasteiger partial charge is 0.426 e. The first-order valence-corrected chi connectivity index (χ1v) is 7.91. The number of carbonyl (C=O) groups excluding carboxylic acids is 1. The van der Waals surface area contributed by atoms with Gasteiger partial charge in [-0.05, 0) is 37.5 Å². The van der Waals surface area contributed by atoms with E-state index in [0.29, 0.717) is 24.5 Å². The summed E-state index contributed by atoms with van der Waals surface area (Å²) >= 11 is 0. The highest BCUT2D eigenvalue weighted by molar-refractivity contribution is 5.70. The van der Waals surface area contributed by atoms with Crippen molar-refractivity contribution >= 4 is 5.97 Å². The van der Waals surface area contributed by atoms with Crippen molar-refractivity contribution in [1.29, 1.82) is 0 Å². The highest BCUT2D eigenvalue weighted by Gasteiger charge is 2.08. The molecule has 2 aromatic rings. The van der Waals surface area contributed by atoms with Gasteiger partial charge in [0, 0.05) is 38.2 Å². The normalized spacial score (nSPS) is 10.7. The molecule has 0 saturated heterocycles. The molecule has 1 aromatic heterocycles. The maximum absolute atomic E-state index is 11.4. The van der Waals surface area contributed by atoms with Gasteiger partial charge in [-0.1, -0.05) is 12.1 Å². The van der Waals surface area contributed by atoms with Crippen molar-refractivity contribution in [3.05, 3.63) is 56.8 Å². The molecule has 0 unspecified atom stereocenters. The molecule has 0 atom stereocenters. The second-order valence-corrected chi connectivity index (χ2v) is 5.90. The first-order chi connectivity index (χ1) is 11.3. The summed E-state index contributed by atoms with van der Waals surface area (Å²) in [6.07, 6.45) is 0.689. The van der Waals surface area contributed by atoms with Gasteiger partial charge in [0.25, 0.3) is 5.56 Å². The maximum atomic E-state index is 11.4. The second kappa shape index (κ2) is 7.88. The Morgan fingerprint density at radius 3 is 2.46 bits per heavy atom. The first-order valence-electron chi connectivity index (χ1n) is 7.91. The molecule has 6 nitrogen and oxygen atoms in total. The summed E-state index contributed by atoms with van der Waals surface area (Å²) < 4.78 is 5.24. The zero-order chi connectivity index (χ0) is 17.7. The van der Waals surface area contributed by atoms with Crippen LogP contribution in [0.25, 0.3) is 0 Å². The van der Waals surface area contributed by atoms with Gasteiger partial charge in [0.05, 0.1) is 0 Å². The lowest BCUT2D eigenvalue weighted by molar-refractivity contribution is -0.131. The highest BCUT2D eigenvalue weighted by atomic mass is 16.5. The Balaban J connectivity index is 1.92. The fourth-order valence-corrected chi connectivity index (χ4v) is 2.67. The van der Waals surface area contributed by atoms with E-state index >= 15 is 0 Å². The standard InChI is InChI=1S/C18H23N3O3/c1-11-7-15(8-12(2)18(11)24-14(4)22)10-19-6-5-16-9-17(23)21-13(3)20-16/h7-9,19H,5-6,10H2,1-4H3,(H,20,21,23). The molecule has 0 aliphatic rings. The number of aromatic nitrogens is 2. The van der Waals surface area contributed by atoms with Gasteiger partial charge in [0.15, 0.2) is 0 Å². The number of carbonyl (C=O) groups is 1. The molecule has 2 rings (SSSR count). The maximum Gasteiger partial charge on any atom is 0.308 e. The number of H-pyrrole nitrogens is 1. The predicted octanol–water partition coefficient (Wildman–Crippen LogP) is 1.95. The van der Waals surface area contributed by atoms with Crippen LogP contribution in [0.2, 0.25) is 0 Å². The molecule has 6 heteroatoms. The fourth-order valence-electron chi connectivity index (χ4n) is 2.67. The number of nitrogens with zero attached hydrogens (tertiary/aromatic N) is 1. The number of benzene rings is 1. The molecule has 128 valence electrons. The van der Waals surface area contributed by atoms with Gasteiger partial charge in [-0.15, -0.1) is 0 Å². The molecule has 0 radical (unpaired) electrons. The van der Waals surface area contributed by atoms with E-state index in [0.717, 1.165) is 28.9 Å². The second-order valence-electron chi connectivity index (χ2n) is 5.90. The van der Waals surface area contributed by atoms with E-state index in [1.807, 2.05) is 26.0 Å². The minimum absolute atomic E-state index is 0.121. The van der Waals surface area contributed by atoms with Crippen LogP contribution < -0.4 is 15.6 Å². The van der Waals surface area contributed by atoms with Gasteiger partial charge < -0.3 is 15.0 Å². The number of hydrogen-bond acceptors (Lipinski definition) is 5. The summed E-state index contributed by atoms with van der Waals surface area (Å²) in [6.45, 7) is 8.45.